The van der Waals surface area contributed by atoms with Gasteiger partial charge in [0.25, 0.3) is 0 Å². The number of carbonyl (C=O) groups excluding carboxylic acids is 1. The number of hydrogen-bond donors (Lipinski definition) is 0. The predicted octanol–water partition coefficient (Wildman–Crippen LogP) is 3.67. The number of thiazole rings is 1. The zero-order chi connectivity index (χ0) is 20.5. The fourth-order valence-corrected chi connectivity index (χ4v) is 4.21. The lowest BCUT2D eigenvalue weighted by molar-refractivity contribution is -0.130. The van der Waals surface area contributed by atoms with Crippen molar-refractivity contribution in [2.24, 2.45) is 0 Å². The largest absolute Gasteiger partial charge is 0.454 e. The summed E-state index contributed by atoms with van der Waals surface area (Å²) in [5.41, 5.74) is 1.71. The maximum atomic E-state index is 12.5. The normalized spacial score (nSPS) is 12.4. The van der Waals surface area contributed by atoms with E-state index in [1.807, 2.05) is 36.4 Å². The van der Waals surface area contributed by atoms with Crippen molar-refractivity contribution < 1.29 is 18.7 Å². The van der Waals surface area contributed by atoms with Crippen molar-refractivity contribution in [1.29, 1.82) is 0 Å². The van der Waals surface area contributed by atoms with Crippen LogP contribution < -0.4 is 9.47 Å². The van der Waals surface area contributed by atoms with E-state index in [0.29, 0.717) is 36.2 Å². The van der Waals surface area contributed by atoms with E-state index in [1.54, 1.807) is 29.4 Å². The van der Waals surface area contributed by atoms with E-state index in [9.17, 15) is 4.79 Å². The SMILES string of the molecule is CN(Cc1nc2ccccc2s1)C(=O)CCc1nnc(-c2ccc3c(c2)OCO3)o1. The fraction of sp³-hybridized carbons (Fsp3) is 0.238. The topological polar surface area (TPSA) is 90.6 Å². The third-order valence-electron chi connectivity index (χ3n) is 4.78. The summed E-state index contributed by atoms with van der Waals surface area (Å²) in [6.45, 7) is 0.685. The molecule has 0 spiro atoms. The molecule has 0 unspecified atom stereocenters. The molecule has 1 aliphatic heterocycles. The number of aromatic nitrogens is 3. The van der Waals surface area contributed by atoms with Crippen LogP contribution in [0.1, 0.15) is 17.3 Å². The Morgan fingerprint density at radius 1 is 1.13 bits per heavy atom. The minimum atomic E-state index is -0.00270. The van der Waals surface area contributed by atoms with Gasteiger partial charge in [-0.1, -0.05) is 12.1 Å². The number of hydrogen-bond acceptors (Lipinski definition) is 8. The number of rotatable bonds is 6. The molecule has 0 saturated carbocycles. The summed E-state index contributed by atoms with van der Waals surface area (Å²) in [4.78, 5) is 18.8. The van der Waals surface area contributed by atoms with Crippen molar-refractivity contribution in [1.82, 2.24) is 20.1 Å². The Morgan fingerprint density at radius 3 is 2.90 bits per heavy atom. The molecular formula is C21H18N4O4S. The van der Waals surface area contributed by atoms with E-state index in [4.69, 9.17) is 13.9 Å². The molecule has 0 N–H and O–H groups in total. The predicted molar refractivity (Wildman–Crippen MR) is 110 cm³/mol. The van der Waals surface area contributed by atoms with E-state index in [2.05, 4.69) is 15.2 Å². The Hall–Kier alpha value is -3.46. The van der Waals surface area contributed by atoms with Gasteiger partial charge in [-0.25, -0.2) is 4.98 Å². The molecule has 8 nitrogen and oxygen atoms in total. The molecule has 9 heteroatoms. The Bertz CT molecular complexity index is 1190. The molecule has 2 aromatic carbocycles. The highest BCUT2D eigenvalue weighted by atomic mass is 32.1. The molecule has 30 heavy (non-hydrogen) atoms. The van der Waals surface area contributed by atoms with Gasteiger partial charge in [0.15, 0.2) is 11.5 Å². The van der Waals surface area contributed by atoms with Crippen LogP contribution in [0.15, 0.2) is 46.9 Å². The smallest absolute Gasteiger partial charge is 0.247 e. The van der Waals surface area contributed by atoms with Gasteiger partial charge in [0.1, 0.15) is 5.01 Å². The summed E-state index contributed by atoms with van der Waals surface area (Å²) >= 11 is 1.60. The van der Waals surface area contributed by atoms with Crippen molar-refractivity contribution in [2.45, 2.75) is 19.4 Å². The third-order valence-corrected chi connectivity index (χ3v) is 5.80. The van der Waals surface area contributed by atoms with E-state index >= 15 is 0 Å². The van der Waals surface area contributed by atoms with Crippen molar-refractivity contribution >= 4 is 27.5 Å². The van der Waals surface area contributed by atoms with Crippen molar-refractivity contribution in [3.63, 3.8) is 0 Å². The fourth-order valence-electron chi connectivity index (χ4n) is 3.18. The standard InChI is InChI=1S/C21H18N4O4S/c1-25(11-19-22-14-4-2-3-5-17(14)30-19)20(26)9-8-18-23-24-21(29-18)13-6-7-15-16(10-13)28-12-27-15/h2-7,10H,8-9,11-12H2,1H3. The summed E-state index contributed by atoms with van der Waals surface area (Å²) in [7, 11) is 1.78. The van der Waals surface area contributed by atoms with Gasteiger partial charge in [0.05, 0.1) is 16.8 Å². The van der Waals surface area contributed by atoms with Crippen molar-refractivity contribution in [3.8, 4) is 23.0 Å². The highest BCUT2D eigenvalue weighted by molar-refractivity contribution is 7.18. The molecule has 0 aliphatic carbocycles. The summed E-state index contributed by atoms with van der Waals surface area (Å²) in [5.74, 6) is 2.15. The molecule has 5 rings (SSSR count). The number of carbonyl (C=O) groups is 1. The summed E-state index contributed by atoms with van der Waals surface area (Å²) < 4.78 is 17.5. The second kappa shape index (κ2) is 7.75. The van der Waals surface area contributed by atoms with Crippen LogP contribution in [0.25, 0.3) is 21.7 Å². The van der Waals surface area contributed by atoms with Crippen LogP contribution in [0.5, 0.6) is 11.5 Å². The first-order valence-corrected chi connectivity index (χ1v) is 10.3. The molecular weight excluding hydrogens is 404 g/mol. The number of ether oxygens (including phenoxy) is 2. The van der Waals surface area contributed by atoms with Crippen molar-refractivity contribution in [3.05, 3.63) is 53.4 Å². The van der Waals surface area contributed by atoms with Crippen molar-refractivity contribution in [2.75, 3.05) is 13.8 Å². The molecule has 4 aromatic rings. The average Bonchev–Trinajstić information content (AvgIpc) is 3.49. The number of nitrogens with zero attached hydrogens (tertiary/aromatic N) is 4. The highest BCUT2D eigenvalue weighted by Crippen LogP contribution is 2.35. The second-order valence-electron chi connectivity index (χ2n) is 6.89. The lowest BCUT2D eigenvalue weighted by atomic mass is 10.2. The first kappa shape index (κ1) is 18.6. The second-order valence-corrected chi connectivity index (χ2v) is 8.01. The monoisotopic (exact) mass is 422 g/mol. The minimum absolute atomic E-state index is 0.00270. The first-order valence-electron chi connectivity index (χ1n) is 9.46. The zero-order valence-corrected chi connectivity index (χ0v) is 17.0. The molecule has 152 valence electrons. The van der Waals surface area contributed by atoms with Crippen LogP contribution in [0.2, 0.25) is 0 Å². The van der Waals surface area contributed by atoms with Gasteiger partial charge in [-0.3, -0.25) is 4.79 Å². The summed E-state index contributed by atoms with van der Waals surface area (Å²) in [6.07, 6.45) is 0.657. The van der Waals surface area contributed by atoms with Gasteiger partial charge >= 0.3 is 0 Å². The van der Waals surface area contributed by atoms with Crippen LogP contribution >= 0.6 is 11.3 Å². The lowest BCUT2D eigenvalue weighted by Gasteiger charge is -2.14. The molecule has 1 amide bonds. The summed E-state index contributed by atoms with van der Waals surface area (Å²) in [6, 6.07) is 13.4. The number of para-hydroxylation sites is 1. The van der Waals surface area contributed by atoms with Gasteiger partial charge in [0, 0.05) is 25.5 Å². The molecule has 0 bridgehead atoms. The van der Waals surface area contributed by atoms with E-state index in [-0.39, 0.29) is 19.1 Å². The van der Waals surface area contributed by atoms with E-state index in [1.165, 1.54) is 0 Å². The first-order chi connectivity index (χ1) is 14.7. The molecule has 0 saturated heterocycles. The van der Waals surface area contributed by atoms with Gasteiger partial charge in [-0.05, 0) is 30.3 Å². The van der Waals surface area contributed by atoms with Crippen LogP contribution in [0, 0.1) is 0 Å². The summed E-state index contributed by atoms with van der Waals surface area (Å²) in [5, 5.41) is 9.05. The third kappa shape index (κ3) is 3.71. The Morgan fingerprint density at radius 2 is 2.00 bits per heavy atom. The average molecular weight is 422 g/mol. The number of benzene rings is 2. The quantitative estimate of drug-likeness (QED) is 0.468. The lowest BCUT2D eigenvalue weighted by Crippen LogP contribution is -2.26. The Kier molecular flexibility index (Phi) is 4.80. The molecule has 2 aromatic heterocycles. The van der Waals surface area contributed by atoms with Gasteiger partial charge < -0.3 is 18.8 Å². The molecule has 1 aliphatic rings. The number of amides is 1. The number of aryl methyl sites for hydroxylation is 1. The maximum Gasteiger partial charge on any atom is 0.247 e. The Balaban J connectivity index is 1.19. The van der Waals surface area contributed by atoms with E-state index < -0.39 is 0 Å². The maximum absolute atomic E-state index is 12.5. The molecule has 3 heterocycles. The van der Waals surface area contributed by atoms with Crippen LogP contribution in [-0.2, 0) is 17.8 Å². The van der Waals surface area contributed by atoms with Gasteiger partial charge in [-0.15, -0.1) is 21.5 Å². The van der Waals surface area contributed by atoms with Crippen LogP contribution in [0.3, 0.4) is 0 Å². The van der Waals surface area contributed by atoms with E-state index in [0.717, 1.165) is 20.8 Å². The minimum Gasteiger partial charge on any atom is -0.454 e. The van der Waals surface area contributed by atoms with Gasteiger partial charge in [-0.2, -0.15) is 0 Å². The van der Waals surface area contributed by atoms with Crippen LogP contribution in [-0.4, -0.2) is 39.8 Å². The van der Waals surface area contributed by atoms with Gasteiger partial charge in [0.2, 0.25) is 24.5 Å². The zero-order valence-electron chi connectivity index (χ0n) is 16.2. The highest BCUT2D eigenvalue weighted by Gasteiger charge is 2.18. The Labute approximate surface area is 176 Å². The number of fused-ring (bicyclic) bond motifs is 2. The molecule has 0 radical (unpaired) electrons. The van der Waals surface area contributed by atoms with Crippen LogP contribution in [0.4, 0.5) is 0 Å². The molecule has 0 atom stereocenters. The molecule has 0 fully saturated rings.